The van der Waals surface area contributed by atoms with Gasteiger partial charge in [-0.25, -0.2) is 4.68 Å². The second-order valence-corrected chi connectivity index (χ2v) is 4.27. The van der Waals surface area contributed by atoms with E-state index in [9.17, 15) is 0 Å². The molecule has 0 amide bonds. The number of hydrogen-bond donors (Lipinski definition) is 0. The van der Waals surface area contributed by atoms with E-state index in [4.69, 9.17) is 10.5 Å². The molecule has 98 valence electrons. The Bertz CT molecular complexity index is 693. The molecule has 2 rings (SSSR count). The molecule has 0 saturated carbocycles. The molecule has 0 atom stereocenters. The van der Waals surface area contributed by atoms with Crippen LogP contribution < -0.4 is 4.90 Å². The van der Waals surface area contributed by atoms with Crippen LogP contribution in [0.5, 0.6) is 0 Å². The second-order valence-electron chi connectivity index (χ2n) is 4.27. The van der Waals surface area contributed by atoms with Crippen molar-refractivity contribution in [2.45, 2.75) is 0 Å². The number of nitriles is 2. The average molecular weight is 264 g/mol. The van der Waals surface area contributed by atoms with Crippen molar-refractivity contribution in [2.24, 2.45) is 0 Å². The van der Waals surface area contributed by atoms with Gasteiger partial charge in [0.2, 0.25) is 0 Å². The van der Waals surface area contributed by atoms with Gasteiger partial charge >= 0.3 is 0 Å². The van der Waals surface area contributed by atoms with Crippen LogP contribution in [0.4, 0.5) is 5.69 Å². The molecule has 0 aliphatic heterocycles. The van der Waals surface area contributed by atoms with E-state index in [1.807, 2.05) is 43.3 Å². The Labute approximate surface area is 116 Å². The maximum absolute atomic E-state index is 8.78. The SMILES string of the molecule is CN(C)c1ccc(-c2cnnn2C=C(C#N)C#N)cc1. The highest BCUT2D eigenvalue weighted by molar-refractivity contribution is 5.65. The Morgan fingerprint density at radius 1 is 1.20 bits per heavy atom. The lowest BCUT2D eigenvalue weighted by Crippen LogP contribution is -2.08. The molecule has 0 aliphatic rings. The normalized spacial score (nSPS) is 9.40. The van der Waals surface area contributed by atoms with E-state index in [2.05, 4.69) is 10.3 Å². The van der Waals surface area contributed by atoms with Crippen LogP contribution in [0.3, 0.4) is 0 Å². The zero-order valence-corrected chi connectivity index (χ0v) is 11.1. The van der Waals surface area contributed by atoms with Crippen LogP contribution in [-0.4, -0.2) is 29.1 Å². The van der Waals surface area contributed by atoms with E-state index in [1.54, 1.807) is 18.3 Å². The Balaban J connectivity index is 2.41. The zero-order chi connectivity index (χ0) is 14.5. The molecule has 0 unspecified atom stereocenters. The van der Waals surface area contributed by atoms with Gasteiger partial charge in [0.25, 0.3) is 0 Å². The summed E-state index contributed by atoms with van der Waals surface area (Å²) in [4.78, 5) is 2.00. The van der Waals surface area contributed by atoms with E-state index in [0.29, 0.717) is 0 Å². The summed E-state index contributed by atoms with van der Waals surface area (Å²) in [5.74, 6) is 0. The summed E-state index contributed by atoms with van der Waals surface area (Å²) < 4.78 is 1.42. The van der Waals surface area contributed by atoms with Crippen LogP contribution in [0.2, 0.25) is 0 Å². The van der Waals surface area contributed by atoms with Gasteiger partial charge in [-0.1, -0.05) is 17.3 Å². The van der Waals surface area contributed by atoms with Gasteiger partial charge in [-0.15, -0.1) is 5.10 Å². The first kappa shape index (κ1) is 13.3. The third kappa shape index (κ3) is 2.65. The Morgan fingerprint density at radius 2 is 1.85 bits per heavy atom. The molecule has 0 saturated heterocycles. The Kier molecular flexibility index (Phi) is 3.78. The molecule has 1 heterocycles. The summed E-state index contributed by atoms with van der Waals surface area (Å²) in [6.45, 7) is 0. The number of nitrogens with zero attached hydrogens (tertiary/aromatic N) is 6. The molecule has 6 heteroatoms. The van der Waals surface area contributed by atoms with E-state index < -0.39 is 0 Å². The maximum atomic E-state index is 8.78. The first-order valence-electron chi connectivity index (χ1n) is 5.85. The van der Waals surface area contributed by atoms with Crippen LogP contribution in [0.25, 0.3) is 17.5 Å². The van der Waals surface area contributed by atoms with E-state index >= 15 is 0 Å². The van der Waals surface area contributed by atoms with Crippen LogP contribution in [0, 0.1) is 22.7 Å². The van der Waals surface area contributed by atoms with Crippen molar-refractivity contribution in [3.63, 3.8) is 0 Å². The minimum atomic E-state index is -0.0262. The van der Waals surface area contributed by atoms with Crippen LogP contribution >= 0.6 is 0 Å². The van der Waals surface area contributed by atoms with Crippen molar-refractivity contribution in [1.82, 2.24) is 15.0 Å². The topological polar surface area (TPSA) is 81.5 Å². The van der Waals surface area contributed by atoms with E-state index in [-0.39, 0.29) is 5.57 Å². The van der Waals surface area contributed by atoms with Crippen LogP contribution in [0.15, 0.2) is 36.0 Å². The average Bonchev–Trinajstić information content (AvgIpc) is 2.92. The summed E-state index contributed by atoms with van der Waals surface area (Å²) in [5.41, 5.74) is 2.69. The van der Waals surface area contributed by atoms with Gasteiger partial charge in [0.15, 0.2) is 0 Å². The monoisotopic (exact) mass is 264 g/mol. The van der Waals surface area contributed by atoms with Gasteiger partial charge in [-0.05, 0) is 12.1 Å². The van der Waals surface area contributed by atoms with Gasteiger partial charge in [-0.3, -0.25) is 0 Å². The number of aromatic nitrogens is 3. The van der Waals surface area contributed by atoms with Crippen molar-refractivity contribution < 1.29 is 0 Å². The summed E-state index contributed by atoms with van der Waals surface area (Å²) in [5, 5.41) is 25.2. The third-order valence-corrected chi connectivity index (χ3v) is 2.75. The summed E-state index contributed by atoms with van der Waals surface area (Å²) in [7, 11) is 3.94. The Morgan fingerprint density at radius 3 is 2.40 bits per heavy atom. The highest BCUT2D eigenvalue weighted by Gasteiger charge is 2.06. The molecule has 6 nitrogen and oxygen atoms in total. The first-order valence-corrected chi connectivity index (χ1v) is 5.85. The van der Waals surface area contributed by atoms with E-state index in [1.165, 1.54) is 10.9 Å². The third-order valence-electron chi connectivity index (χ3n) is 2.75. The molecule has 1 aromatic heterocycles. The fraction of sp³-hybridized carbons (Fsp3) is 0.143. The van der Waals surface area contributed by atoms with Crippen molar-refractivity contribution in [1.29, 1.82) is 10.5 Å². The molecule has 0 aliphatic carbocycles. The standard InChI is InChI=1S/C14H12N6/c1-19(2)13-5-3-12(4-6-13)14-9-17-18-20(14)10-11(7-15)8-16/h3-6,9-10H,1-2H3. The lowest BCUT2D eigenvalue weighted by atomic mass is 10.1. The van der Waals surface area contributed by atoms with Gasteiger partial charge in [0.05, 0.1) is 18.1 Å². The predicted molar refractivity (Wildman–Crippen MR) is 75.3 cm³/mol. The molecule has 20 heavy (non-hydrogen) atoms. The summed E-state index contributed by atoms with van der Waals surface area (Å²) in [6, 6.07) is 11.4. The highest BCUT2D eigenvalue weighted by atomic mass is 15.4. The molecule has 0 N–H and O–H groups in total. The minimum Gasteiger partial charge on any atom is -0.378 e. The molecule has 1 aromatic carbocycles. The number of rotatable bonds is 3. The maximum Gasteiger partial charge on any atom is 0.148 e. The van der Waals surface area contributed by atoms with Crippen molar-refractivity contribution in [3.8, 4) is 23.4 Å². The van der Waals surface area contributed by atoms with Gasteiger partial charge in [-0.2, -0.15) is 10.5 Å². The number of benzene rings is 1. The smallest absolute Gasteiger partial charge is 0.148 e. The molecular weight excluding hydrogens is 252 g/mol. The van der Waals surface area contributed by atoms with Crippen LogP contribution in [0.1, 0.15) is 0 Å². The van der Waals surface area contributed by atoms with Gasteiger partial charge < -0.3 is 4.90 Å². The minimum absolute atomic E-state index is 0.0262. The van der Waals surface area contributed by atoms with Crippen LogP contribution in [-0.2, 0) is 0 Å². The largest absolute Gasteiger partial charge is 0.378 e. The fourth-order valence-corrected chi connectivity index (χ4v) is 1.68. The summed E-state index contributed by atoms with van der Waals surface area (Å²) >= 11 is 0. The van der Waals surface area contributed by atoms with Crippen molar-refractivity contribution in [3.05, 3.63) is 36.0 Å². The quantitative estimate of drug-likeness (QED) is 0.791. The number of hydrogen-bond acceptors (Lipinski definition) is 5. The fourth-order valence-electron chi connectivity index (χ4n) is 1.68. The lowest BCUT2D eigenvalue weighted by Gasteiger charge is -2.12. The number of allylic oxidation sites excluding steroid dienone is 1. The van der Waals surface area contributed by atoms with Gasteiger partial charge in [0.1, 0.15) is 17.7 Å². The predicted octanol–water partition coefficient (Wildman–Crippen LogP) is 1.90. The van der Waals surface area contributed by atoms with Crippen molar-refractivity contribution >= 4 is 11.9 Å². The molecule has 2 aromatic rings. The van der Waals surface area contributed by atoms with E-state index in [0.717, 1.165) is 16.9 Å². The molecule has 0 spiro atoms. The molecule has 0 bridgehead atoms. The zero-order valence-electron chi connectivity index (χ0n) is 11.1. The second kappa shape index (κ2) is 5.68. The molecular formula is C14H12N6. The molecule has 0 radical (unpaired) electrons. The Hall–Kier alpha value is -3.12. The first-order chi connectivity index (χ1) is 9.65. The number of anilines is 1. The highest BCUT2D eigenvalue weighted by Crippen LogP contribution is 2.21. The van der Waals surface area contributed by atoms with Gasteiger partial charge in [0, 0.05) is 25.3 Å². The van der Waals surface area contributed by atoms with Crippen molar-refractivity contribution in [2.75, 3.05) is 19.0 Å². The molecule has 0 fully saturated rings. The lowest BCUT2D eigenvalue weighted by molar-refractivity contribution is 0.843. The summed E-state index contributed by atoms with van der Waals surface area (Å²) in [6.07, 6.45) is 2.95.